The second kappa shape index (κ2) is 6.28. The number of carbonyl (C=O) groups is 1. The summed E-state index contributed by atoms with van der Waals surface area (Å²) in [5.41, 5.74) is 1.42. The number of aryl methyl sites for hydroxylation is 1. The molecule has 1 heterocycles. The molecule has 0 atom stereocenters. The highest BCUT2D eigenvalue weighted by Crippen LogP contribution is 2.35. The van der Waals surface area contributed by atoms with Crippen LogP contribution in [0.5, 0.6) is 5.75 Å². The molecule has 1 aliphatic rings. The van der Waals surface area contributed by atoms with Crippen LogP contribution >= 0.6 is 46.6 Å². The average molecular weight is 417 g/mol. The minimum atomic E-state index is -0.143. The van der Waals surface area contributed by atoms with Crippen LogP contribution in [0, 0.1) is 10.5 Å². The molecule has 0 saturated carbocycles. The summed E-state index contributed by atoms with van der Waals surface area (Å²) in [5.74, 6) is 0.0511. The maximum Gasteiger partial charge on any atom is 0.266 e. The summed E-state index contributed by atoms with van der Waals surface area (Å²) >= 11 is 8.60. The molecule has 1 aliphatic heterocycles. The van der Waals surface area contributed by atoms with Gasteiger partial charge in [-0.15, -0.1) is 6.58 Å². The average Bonchev–Trinajstić information content (AvgIpc) is 2.63. The summed E-state index contributed by atoms with van der Waals surface area (Å²) in [5, 5.41) is 10.1. The number of nitrogens with zero attached hydrogens (tertiary/aromatic N) is 1. The molecular formula is C14H12INO2S2. The molecular weight excluding hydrogens is 405 g/mol. The van der Waals surface area contributed by atoms with E-state index in [1.54, 1.807) is 12.2 Å². The minimum absolute atomic E-state index is 0.143. The Bertz CT molecular complexity index is 640. The van der Waals surface area contributed by atoms with Crippen LogP contribution in [0.15, 0.2) is 29.7 Å². The Hall–Kier alpha value is -0.860. The van der Waals surface area contributed by atoms with Crippen LogP contribution in [0.3, 0.4) is 0 Å². The Morgan fingerprint density at radius 3 is 2.90 bits per heavy atom. The summed E-state index contributed by atoms with van der Waals surface area (Å²) in [4.78, 5) is 14.2. The third-order valence-corrected chi connectivity index (χ3v) is 4.77. The van der Waals surface area contributed by atoms with Crippen LogP contribution in [0.1, 0.15) is 11.1 Å². The normalized spacial score (nSPS) is 17.1. The van der Waals surface area contributed by atoms with Gasteiger partial charge in [-0.05, 0) is 53.3 Å². The lowest BCUT2D eigenvalue weighted by Gasteiger charge is -2.10. The van der Waals surface area contributed by atoms with Crippen molar-refractivity contribution in [2.24, 2.45) is 0 Å². The fourth-order valence-corrected chi connectivity index (χ4v) is 3.87. The summed E-state index contributed by atoms with van der Waals surface area (Å²) in [6, 6.07) is 3.72. The van der Waals surface area contributed by atoms with Gasteiger partial charge in [0.15, 0.2) is 0 Å². The molecule has 3 nitrogen and oxygen atoms in total. The fraction of sp³-hybridized carbons (Fsp3) is 0.143. The van der Waals surface area contributed by atoms with Crippen molar-refractivity contribution in [1.82, 2.24) is 4.90 Å². The lowest BCUT2D eigenvalue weighted by Crippen LogP contribution is -2.27. The van der Waals surface area contributed by atoms with E-state index in [2.05, 4.69) is 29.2 Å². The van der Waals surface area contributed by atoms with Crippen molar-refractivity contribution in [1.29, 1.82) is 0 Å². The zero-order chi connectivity index (χ0) is 14.9. The van der Waals surface area contributed by atoms with Crippen LogP contribution in [0.4, 0.5) is 0 Å². The van der Waals surface area contributed by atoms with Gasteiger partial charge in [0.1, 0.15) is 10.1 Å². The molecule has 1 amide bonds. The number of hydrogen-bond donors (Lipinski definition) is 1. The quantitative estimate of drug-likeness (QED) is 0.353. The number of aromatic hydroxyl groups is 1. The first-order chi connectivity index (χ1) is 9.43. The Morgan fingerprint density at radius 2 is 2.25 bits per heavy atom. The molecule has 2 rings (SSSR count). The Labute approximate surface area is 140 Å². The van der Waals surface area contributed by atoms with E-state index in [-0.39, 0.29) is 11.7 Å². The van der Waals surface area contributed by atoms with E-state index in [1.807, 2.05) is 19.1 Å². The predicted octanol–water partition coefficient (Wildman–Crippen LogP) is 3.69. The van der Waals surface area contributed by atoms with Gasteiger partial charge in [0.25, 0.3) is 5.91 Å². The van der Waals surface area contributed by atoms with Crippen molar-refractivity contribution in [3.8, 4) is 5.75 Å². The van der Waals surface area contributed by atoms with E-state index in [9.17, 15) is 9.90 Å². The third-order valence-electron chi connectivity index (χ3n) is 2.77. The number of hydrogen-bond acceptors (Lipinski definition) is 4. The number of phenolic OH excluding ortho intramolecular Hbond substituents is 1. The SMILES string of the molecule is C=CCN1C(=O)/C(=C\c2cc(I)cc(C)c2O)SC1=S. The number of carbonyl (C=O) groups excluding carboxylic acids is 1. The molecule has 0 aliphatic carbocycles. The molecule has 1 fully saturated rings. The summed E-state index contributed by atoms with van der Waals surface area (Å²) in [6.07, 6.45) is 3.33. The highest BCUT2D eigenvalue weighted by atomic mass is 127. The van der Waals surface area contributed by atoms with Gasteiger partial charge in [0, 0.05) is 15.7 Å². The first kappa shape index (κ1) is 15.5. The summed E-state index contributed by atoms with van der Waals surface area (Å²) in [6.45, 7) is 5.85. The Morgan fingerprint density at radius 1 is 1.55 bits per heavy atom. The van der Waals surface area contributed by atoms with Gasteiger partial charge in [-0.3, -0.25) is 9.69 Å². The number of rotatable bonds is 3. The van der Waals surface area contributed by atoms with Crippen molar-refractivity contribution < 1.29 is 9.90 Å². The van der Waals surface area contributed by atoms with Gasteiger partial charge in [-0.25, -0.2) is 0 Å². The second-order valence-corrected chi connectivity index (χ2v) is 7.16. The summed E-state index contributed by atoms with van der Waals surface area (Å²) < 4.78 is 1.52. The first-order valence-corrected chi connectivity index (χ1v) is 8.09. The van der Waals surface area contributed by atoms with E-state index in [0.29, 0.717) is 21.3 Å². The molecule has 0 unspecified atom stereocenters. The van der Waals surface area contributed by atoms with Gasteiger partial charge in [0.2, 0.25) is 0 Å². The molecule has 20 heavy (non-hydrogen) atoms. The van der Waals surface area contributed by atoms with Gasteiger partial charge in [-0.1, -0.05) is 30.1 Å². The molecule has 1 saturated heterocycles. The van der Waals surface area contributed by atoms with Gasteiger partial charge in [0.05, 0.1) is 4.91 Å². The molecule has 104 valence electrons. The molecule has 1 N–H and O–H groups in total. The van der Waals surface area contributed by atoms with Crippen molar-refractivity contribution in [3.05, 3.63) is 44.4 Å². The third kappa shape index (κ3) is 3.07. The second-order valence-electron chi connectivity index (χ2n) is 4.24. The molecule has 1 aromatic rings. The van der Waals surface area contributed by atoms with Crippen molar-refractivity contribution in [2.75, 3.05) is 6.54 Å². The maximum absolute atomic E-state index is 12.2. The Kier molecular flexibility index (Phi) is 4.87. The Balaban J connectivity index is 2.40. The van der Waals surface area contributed by atoms with Crippen LogP contribution in [-0.2, 0) is 4.79 Å². The minimum Gasteiger partial charge on any atom is -0.507 e. The van der Waals surface area contributed by atoms with E-state index >= 15 is 0 Å². The van der Waals surface area contributed by atoms with Gasteiger partial charge in [-0.2, -0.15) is 0 Å². The highest BCUT2D eigenvalue weighted by molar-refractivity contribution is 14.1. The molecule has 1 aromatic carbocycles. The van der Waals surface area contributed by atoms with Crippen molar-refractivity contribution >= 4 is 62.9 Å². The van der Waals surface area contributed by atoms with Crippen molar-refractivity contribution in [2.45, 2.75) is 6.92 Å². The number of phenols is 1. The molecule has 0 spiro atoms. The van der Waals surface area contributed by atoms with Crippen LogP contribution in [0.25, 0.3) is 6.08 Å². The van der Waals surface area contributed by atoms with E-state index in [0.717, 1.165) is 9.13 Å². The smallest absolute Gasteiger partial charge is 0.266 e. The van der Waals surface area contributed by atoms with Gasteiger partial charge >= 0.3 is 0 Å². The zero-order valence-corrected chi connectivity index (χ0v) is 14.5. The van der Waals surface area contributed by atoms with Crippen molar-refractivity contribution in [3.63, 3.8) is 0 Å². The van der Waals surface area contributed by atoms with E-state index < -0.39 is 0 Å². The lowest BCUT2D eigenvalue weighted by atomic mass is 10.1. The monoisotopic (exact) mass is 417 g/mol. The number of benzene rings is 1. The number of amides is 1. The number of halogens is 1. The largest absolute Gasteiger partial charge is 0.507 e. The summed E-state index contributed by atoms with van der Waals surface area (Å²) in [7, 11) is 0. The number of thioether (sulfide) groups is 1. The van der Waals surface area contributed by atoms with E-state index in [4.69, 9.17) is 12.2 Å². The van der Waals surface area contributed by atoms with E-state index in [1.165, 1.54) is 16.7 Å². The zero-order valence-electron chi connectivity index (χ0n) is 10.7. The molecule has 0 radical (unpaired) electrons. The highest BCUT2D eigenvalue weighted by Gasteiger charge is 2.31. The standard InChI is InChI=1S/C14H12INO2S2/c1-3-4-16-13(18)11(20-14(16)19)7-9-6-10(15)5-8(2)12(9)17/h3,5-7,17H,1,4H2,2H3/b11-7+. The van der Waals surface area contributed by atoms with Crippen LogP contribution < -0.4 is 0 Å². The number of thiocarbonyl (C=S) groups is 1. The topological polar surface area (TPSA) is 40.5 Å². The maximum atomic E-state index is 12.2. The molecule has 6 heteroatoms. The first-order valence-electron chi connectivity index (χ1n) is 5.79. The predicted molar refractivity (Wildman–Crippen MR) is 95.6 cm³/mol. The fourth-order valence-electron chi connectivity index (χ4n) is 1.80. The van der Waals surface area contributed by atoms with Crippen LogP contribution in [0.2, 0.25) is 0 Å². The lowest BCUT2D eigenvalue weighted by molar-refractivity contribution is -0.121. The van der Waals surface area contributed by atoms with Crippen LogP contribution in [-0.4, -0.2) is 26.8 Å². The molecule has 0 aromatic heterocycles. The molecule has 0 bridgehead atoms. The van der Waals surface area contributed by atoms with Gasteiger partial charge < -0.3 is 5.11 Å².